The van der Waals surface area contributed by atoms with Crippen LogP contribution in [-0.4, -0.2) is 25.5 Å². The minimum absolute atomic E-state index is 0.0829. The SMILES string of the molecule is C/C(=C\c1ccccc1F)C(=O)Nc1cccc2c1OCC(=O)N2C. The molecule has 0 aliphatic carbocycles. The second kappa shape index (κ2) is 6.76. The molecular weight excluding hydrogens is 323 g/mol. The number of fused-ring (bicyclic) bond motifs is 1. The fourth-order valence-electron chi connectivity index (χ4n) is 2.52. The number of hydrogen-bond donors (Lipinski definition) is 1. The van der Waals surface area contributed by atoms with E-state index in [-0.39, 0.29) is 18.4 Å². The van der Waals surface area contributed by atoms with Crippen LogP contribution in [0.4, 0.5) is 15.8 Å². The van der Waals surface area contributed by atoms with Crippen molar-refractivity contribution in [2.75, 3.05) is 23.9 Å². The Morgan fingerprint density at radius 1 is 1.24 bits per heavy atom. The van der Waals surface area contributed by atoms with Gasteiger partial charge in [0, 0.05) is 18.2 Å². The van der Waals surface area contributed by atoms with Gasteiger partial charge < -0.3 is 15.0 Å². The highest BCUT2D eigenvalue weighted by Crippen LogP contribution is 2.38. The lowest BCUT2D eigenvalue weighted by Crippen LogP contribution is -2.35. The van der Waals surface area contributed by atoms with Crippen molar-refractivity contribution < 1.29 is 18.7 Å². The van der Waals surface area contributed by atoms with E-state index in [2.05, 4.69) is 5.32 Å². The Labute approximate surface area is 144 Å². The first-order chi connectivity index (χ1) is 12.0. The number of carbonyl (C=O) groups excluding carboxylic acids is 2. The number of anilines is 2. The molecule has 5 nitrogen and oxygen atoms in total. The molecule has 0 radical (unpaired) electrons. The molecule has 2 amide bonds. The van der Waals surface area contributed by atoms with Crippen LogP contribution in [0.3, 0.4) is 0 Å². The Morgan fingerprint density at radius 3 is 2.76 bits per heavy atom. The van der Waals surface area contributed by atoms with Crippen LogP contribution >= 0.6 is 0 Å². The molecule has 0 spiro atoms. The van der Waals surface area contributed by atoms with Crippen molar-refractivity contribution in [3.8, 4) is 5.75 Å². The largest absolute Gasteiger partial charge is 0.479 e. The number of benzene rings is 2. The van der Waals surface area contributed by atoms with Crippen molar-refractivity contribution in [3.05, 3.63) is 59.4 Å². The second-order valence-corrected chi connectivity index (χ2v) is 5.70. The molecule has 0 aromatic heterocycles. The molecule has 2 aromatic carbocycles. The van der Waals surface area contributed by atoms with Crippen molar-refractivity contribution in [1.29, 1.82) is 0 Å². The molecule has 3 rings (SSSR count). The standard InChI is InChI=1S/C19H17FN2O3/c1-12(10-13-6-3-4-7-14(13)20)19(24)21-15-8-5-9-16-18(15)25-11-17(23)22(16)2/h3-10H,11H2,1-2H3,(H,21,24)/b12-10+. The van der Waals surface area contributed by atoms with Gasteiger partial charge in [0.05, 0.1) is 11.4 Å². The number of halogens is 1. The van der Waals surface area contributed by atoms with Gasteiger partial charge in [-0.2, -0.15) is 0 Å². The summed E-state index contributed by atoms with van der Waals surface area (Å²) in [5.74, 6) is -0.488. The third-order valence-electron chi connectivity index (χ3n) is 3.95. The molecule has 1 N–H and O–H groups in total. The van der Waals surface area contributed by atoms with E-state index in [0.29, 0.717) is 28.3 Å². The van der Waals surface area contributed by atoms with Gasteiger partial charge in [-0.05, 0) is 31.2 Å². The Hall–Kier alpha value is -3.15. The lowest BCUT2D eigenvalue weighted by atomic mass is 10.1. The number of hydrogen-bond acceptors (Lipinski definition) is 3. The molecular formula is C19H17FN2O3. The van der Waals surface area contributed by atoms with Crippen molar-refractivity contribution >= 4 is 29.3 Å². The molecule has 1 aliphatic rings. The van der Waals surface area contributed by atoms with Crippen LogP contribution in [0.1, 0.15) is 12.5 Å². The van der Waals surface area contributed by atoms with E-state index in [1.165, 1.54) is 17.0 Å². The monoisotopic (exact) mass is 340 g/mol. The van der Waals surface area contributed by atoms with E-state index in [0.717, 1.165) is 0 Å². The molecule has 128 valence electrons. The summed E-state index contributed by atoms with van der Waals surface area (Å²) in [6.45, 7) is 1.52. The smallest absolute Gasteiger partial charge is 0.264 e. The topological polar surface area (TPSA) is 58.6 Å². The summed E-state index contributed by atoms with van der Waals surface area (Å²) in [6.07, 6.45) is 1.48. The van der Waals surface area contributed by atoms with Crippen molar-refractivity contribution in [2.45, 2.75) is 6.92 Å². The molecule has 0 saturated carbocycles. The van der Waals surface area contributed by atoms with Crippen molar-refractivity contribution in [2.24, 2.45) is 0 Å². The van der Waals surface area contributed by atoms with E-state index < -0.39 is 5.82 Å². The quantitative estimate of drug-likeness (QED) is 0.873. The summed E-state index contributed by atoms with van der Waals surface area (Å²) in [5.41, 5.74) is 1.74. The van der Waals surface area contributed by atoms with E-state index >= 15 is 0 Å². The number of carbonyl (C=O) groups is 2. The zero-order chi connectivity index (χ0) is 18.0. The second-order valence-electron chi connectivity index (χ2n) is 5.70. The maximum absolute atomic E-state index is 13.7. The number of rotatable bonds is 3. The molecule has 2 aromatic rings. The van der Waals surface area contributed by atoms with Gasteiger partial charge in [0.15, 0.2) is 12.4 Å². The summed E-state index contributed by atoms with van der Waals surface area (Å²) < 4.78 is 19.2. The maximum Gasteiger partial charge on any atom is 0.264 e. The lowest BCUT2D eigenvalue weighted by Gasteiger charge is -2.27. The Bertz CT molecular complexity index is 877. The highest BCUT2D eigenvalue weighted by molar-refractivity contribution is 6.08. The average Bonchev–Trinajstić information content (AvgIpc) is 2.60. The summed E-state index contributed by atoms with van der Waals surface area (Å²) >= 11 is 0. The van der Waals surface area contributed by atoms with Gasteiger partial charge in [0.1, 0.15) is 5.82 Å². The summed E-state index contributed by atoms with van der Waals surface area (Å²) in [7, 11) is 1.65. The van der Waals surface area contributed by atoms with E-state index in [9.17, 15) is 14.0 Å². The predicted octanol–water partition coefficient (Wildman–Crippen LogP) is 3.22. The first-order valence-corrected chi connectivity index (χ1v) is 7.74. The number of ether oxygens (including phenoxy) is 1. The fraction of sp³-hybridized carbons (Fsp3) is 0.158. The lowest BCUT2D eigenvalue weighted by molar-refractivity contribution is -0.120. The number of nitrogens with one attached hydrogen (secondary N) is 1. The zero-order valence-electron chi connectivity index (χ0n) is 13.9. The molecule has 0 fully saturated rings. The average molecular weight is 340 g/mol. The van der Waals surface area contributed by atoms with Gasteiger partial charge in [-0.25, -0.2) is 4.39 Å². The van der Waals surface area contributed by atoms with Crippen LogP contribution in [0.15, 0.2) is 48.0 Å². The van der Waals surface area contributed by atoms with Crippen molar-refractivity contribution in [3.63, 3.8) is 0 Å². The maximum atomic E-state index is 13.7. The summed E-state index contributed by atoms with van der Waals surface area (Å²) in [5, 5.41) is 2.75. The van der Waals surface area contributed by atoms with Gasteiger partial charge in [-0.3, -0.25) is 9.59 Å². The highest BCUT2D eigenvalue weighted by Gasteiger charge is 2.25. The van der Waals surface area contributed by atoms with Crippen molar-refractivity contribution in [1.82, 2.24) is 0 Å². The zero-order valence-corrected chi connectivity index (χ0v) is 13.9. The predicted molar refractivity (Wildman–Crippen MR) is 94.0 cm³/mol. The van der Waals surface area contributed by atoms with Crippen LogP contribution < -0.4 is 15.0 Å². The number of para-hydroxylation sites is 1. The van der Waals surface area contributed by atoms with E-state index in [1.54, 1.807) is 50.4 Å². The number of likely N-dealkylation sites (N-methyl/N-ethyl adjacent to an activating group) is 1. The molecule has 1 aliphatic heterocycles. The fourth-order valence-corrected chi connectivity index (χ4v) is 2.52. The molecule has 0 atom stereocenters. The molecule has 0 saturated heterocycles. The molecule has 1 heterocycles. The van der Waals surface area contributed by atoms with Gasteiger partial charge >= 0.3 is 0 Å². The van der Waals surface area contributed by atoms with Gasteiger partial charge in [0.25, 0.3) is 11.8 Å². The van der Waals surface area contributed by atoms with Crippen LogP contribution in [0.5, 0.6) is 5.75 Å². The van der Waals surface area contributed by atoms with Crippen LogP contribution in [0, 0.1) is 5.82 Å². The van der Waals surface area contributed by atoms with Crippen LogP contribution in [0.25, 0.3) is 6.08 Å². The first-order valence-electron chi connectivity index (χ1n) is 7.74. The Morgan fingerprint density at radius 2 is 2.00 bits per heavy atom. The van der Waals surface area contributed by atoms with E-state index in [4.69, 9.17) is 4.74 Å². The highest BCUT2D eigenvalue weighted by atomic mass is 19.1. The molecule has 0 unspecified atom stereocenters. The minimum atomic E-state index is -0.393. The molecule has 6 heteroatoms. The first kappa shape index (κ1) is 16.7. The van der Waals surface area contributed by atoms with Gasteiger partial charge in [-0.15, -0.1) is 0 Å². The van der Waals surface area contributed by atoms with Gasteiger partial charge in [0.2, 0.25) is 0 Å². The Balaban J connectivity index is 1.85. The summed E-state index contributed by atoms with van der Waals surface area (Å²) in [6, 6.07) is 11.4. The third kappa shape index (κ3) is 3.38. The number of nitrogens with zero attached hydrogens (tertiary/aromatic N) is 1. The summed E-state index contributed by atoms with van der Waals surface area (Å²) in [4.78, 5) is 25.6. The molecule has 0 bridgehead atoms. The minimum Gasteiger partial charge on any atom is -0.479 e. The van der Waals surface area contributed by atoms with Crippen LogP contribution in [0.2, 0.25) is 0 Å². The van der Waals surface area contributed by atoms with Gasteiger partial charge in [-0.1, -0.05) is 24.3 Å². The van der Waals surface area contributed by atoms with E-state index in [1.807, 2.05) is 0 Å². The normalized spacial score (nSPS) is 14.0. The Kier molecular flexibility index (Phi) is 4.52. The number of amides is 2. The third-order valence-corrected chi connectivity index (χ3v) is 3.95. The van der Waals surface area contributed by atoms with Crippen LogP contribution in [-0.2, 0) is 9.59 Å². The molecule has 25 heavy (non-hydrogen) atoms.